The number of nitrogens with zero attached hydrogens (tertiary/aromatic N) is 2. The van der Waals surface area contributed by atoms with Crippen LogP contribution < -0.4 is 5.32 Å². The fraction of sp³-hybridized carbons (Fsp3) is 0.176. The van der Waals surface area contributed by atoms with Crippen molar-refractivity contribution in [2.24, 2.45) is 0 Å². The fourth-order valence-corrected chi connectivity index (χ4v) is 3.92. The smallest absolute Gasteiger partial charge is 0.269 e. The zero-order valence-electron chi connectivity index (χ0n) is 14.1. The van der Waals surface area contributed by atoms with Gasteiger partial charge in [-0.1, -0.05) is 0 Å². The van der Waals surface area contributed by atoms with E-state index in [1.807, 2.05) is 19.1 Å². The molecular weight excluding hydrogens is 372 g/mol. The Bertz CT molecular complexity index is 934. The molecule has 0 radical (unpaired) electrons. The van der Waals surface area contributed by atoms with E-state index in [-0.39, 0.29) is 16.8 Å². The molecule has 1 unspecified atom stereocenters. The predicted octanol–water partition coefficient (Wildman–Crippen LogP) is 4.47. The Morgan fingerprint density at radius 2 is 2.04 bits per heavy atom. The Hall–Kier alpha value is -2.65. The summed E-state index contributed by atoms with van der Waals surface area (Å²) in [5.41, 5.74) is 0.883. The van der Waals surface area contributed by atoms with E-state index in [1.165, 1.54) is 28.8 Å². The van der Waals surface area contributed by atoms with Crippen LogP contribution in [-0.4, -0.2) is 26.3 Å². The lowest BCUT2D eigenvalue weighted by Gasteiger charge is -2.10. The predicted molar refractivity (Wildman–Crippen MR) is 104 cm³/mol. The van der Waals surface area contributed by atoms with Crippen molar-refractivity contribution in [3.05, 3.63) is 57.5 Å². The molecule has 9 heteroatoms. The number of thiophene rings is 1. The number of nitro benzene ring substituents is 1. The number of hydrogen-bond donors (Lipinski definition) is 2. The van der Waals surface area contributed by atoms with Crippen LogP contribution >= 0.6 is 23.1 Å². The summed E-state index contributed by atoms with van der Waals surface area (Å²) in [7, 11) is 0. The van der Waals surface area contributed by atoms with Gasteiger partial charge in [0.15, 0.2) is 5.82 Å². The number of aryl methyl sites for hydroxylation is 1. The molecule has 0 aliphatic rings. The summed E-state index contributed by atoms with van der Waals surface area (Å²) >= 11 is 2.98. The summed E-state index contributed by atoms with van der Waals surface area (Å²) in [6.07, 6.45) is 0. The summed E-state index contributed by atoms with van der Waals surface area (Å²) in [4.78, 5) is 25.6. The third-order valence-corrected chi connectivity index (χ3v) is 5.71. The van der Waals surface area contributed by atoms with Crippen LogP contribution in [0.15, 0.2) is 47.4 Å². The van der Waals surface area contributed by atoms with Gasteiger partial charge in [0, 0.05) is 28.0 Å². The van der Waals surface area contributed by atoms with E-state index >= 15 is 0 Å². The monoisotopic (exact) mass is 388 g/mol. The molecule has 3 rings (SSSR count). The molecule has 0 aliphatic heterocycles. The van der Waals surface area contributed by atoms with Crippen LogP contribution in [0.25, 0.3) is 10.6 Å². The summed E-state index contributed by atoms with van der Waals surface area (Å²) < 4.78 is 0. The number of non-ortho nitro benzene ring substituents is 1. The largest absolute Gasteiger partial charge is 0.308 e. The molecule has 1 amide bonds. The number of nitrogens with one attached hydrogen (secondary N) is 2. The standard InChI is InChI=1S/C17H16N4O3S2/c1-10-3-8-15(25-10)14-9-16(20-19-14)18-17(22)11(2)26-13-6-4-12(5-7-13)21(23)24/h3-9,11H,1-2H3,(H2,18,19,20,22). The lowest BCUT2D eigenvalue weighted by atomic mass is 10.3. The van der Waals surface area contributed by atoms with Crippen molar-refractivity contribution in [3.8, 4) is 10.6 Å². The van der Waals surface area contributed by atoms with E-state index in [0.29, 0.717) is 5.82 Å². The molecule has 0 aliphatic carbocycles. The van der Waals surface area contributed by atoms with Gasteiger partial charge in [-0.2, -0.15) is 5.10 Å². The van der Waals surface area contributed by atoms with E-state index in [0.717, 1.165) is 15.5 Å². The SMILES string of the molecule is Cc1ccc(-c2cc(NC(=O)C(C)Sc3ccc([N+](=O)[O-])cc3)n[nH]2)s1. The number of H-pyrrole nitrogens is 1. The van der Waals surface area contributed by atoms with E-state index in [4.69, 9.17) is 0 Å². The van der Waals surface area contributed by atoms with Crippen LogP contribution in [0.4, 0.5) is 11.5 Å². The van der Waals surface area contributed by atoms with Gasteiger partial charge < -0.3 is 5.32 Å². The highest BCUT2D eigenvalue weighted by molar-refractivity contribution is 8.00. The van der Waals surface area contributed by atoms with Gasteiger partial charge in [0.05, 0.1) is 20.7 Å². The maximum atomic E-state index is 12.4. The number of benzene rings is 1. The molecule has 0 saturated heterocycles. The van der Waals surface area contributed by atoms with Crippen molar-refractivity contribution >= 4 is 40.5 Å². The van der Waals surface area contributed by atoms with Crippen LogP contribution in [-0.2, 0) is 4.79 Å². The zero-order valence-corrected chi connectivity index (χ0v) is 15.7. The van der Waals surface area contributed by atoms with Crippen molar-refractivity contribution in [1.82, 2.24) is 10.2 Å². The highest BCUT2D eigenvalue weighted by Gasteiger charge is 2.17. The average Bonchev–Trinajstić information content (AvgIpc) is 3.24. The first-order chi connectivity index (χ1) is 12.4. The minimum Gasteiger partial charge on any atom is -0.308 e. The lowest BCUT2D eigenvalue weighted by molar-refractivity contribution is -0.384. The zero-order chi connectivity index (χ0) is 18.7. The molecule has 134 valence electrons. The van der Waals surface area contributed by atoms with Gasteiger partial charge in [0.1, 0.15) is 0 Å². The van der Waals surface area contributed by atoms with Crippen molar-refractivity contribution in [1.29, 1.82) is 0 Å². The number of rotatable bonds is 6. The number of aromatic amines is 1. The number of thioether (sulfide) groups is 1. The minimum atomic E-state index is -0.450. The molecule has 0 fully saturated rings. The van der Waals surface area contributed by atoms with Crippen LogP contribution in [0.2, 0.25) is 0 Å². The summed E-state index contributed by atoms with van der Waals surface area (Å²) in [5.74, 6) is 0.279. The van der Waals surface area contributed by atoms with Gasteiger partial charge in [-0.05, 0) is 38.1 Å². The maximum absolute atomic E-state index is 12.4. The molecule has 0 saturated carbocycles. The van der Waals surface area contributed by atoms with E-state index in [1.54, 1.807) is 36.5 Å². The summed E-state index contributed by atoms with van der Waals surface area (Å²) in [5, 5.41) is 20.1. The second-order valence-electron chi connectivity index (χ2n) is 5.58. The Labute approximate surface area is 158 Å². The van der Waals surface area contributed by atoms with E-state index in [2.05, 4.69) is 15.5 Å². The minimum absolute atomic E-state index is 0.0271. The molecule has 2 aromatic heterocycles. The van der Waals surface area contributed by atoms with Gasteiger partial charge >= 0.3 is 0 Å². The third kappa shape index (κ3) is 4.30. The van der Waals surface area contributed by atoms with Gasteiger partial charge in [-0.3, -0.25) is 20.0 Å². The molecule has 26 heavy (non-hydrogen) atoms. The lowest BCUT2D eigenvalue weighted by Crippen LogP contribution is -2.22. The molecule has 3 aromatic rings. The van der Waals surface area contributed by atoms with Crippen LogP contribution in [0, 0.1) is 17.0 Å². The molecule has 2 N–H and O–H groups in total. The second-order valence-corrected chi connectivity index (χ2v) is 8.28. The molecule has 0 spiro atoms. The number of nitro groups is 1. The second kappa shape index (κ2) is 7.71. The Kier molecular flexibility index (Phi) is 5.38. The molecule has 0 bridgehead atoms. The van der Waals surface area contributed by atoms with E-state index < -0.39 is 4.92 Å². The van der Waals surface area contributed by atoms with Gasteiger partial charge in [-0.25, -0.2) is 0 Å². The van der Waals surface area contributed by atoms with Crippen molar-refractivity contribution in [3.63, 3.8) is 0 Å². The number of aromatic nitrogens is 2. The fourth-order valence-electron chi connectivity index (χ4n) is 2.22. The molecule has 2 heterocycles. The van der Waals surface area contributed by atoms with Crippen LogP contribution in [0.5, 0.6) is 0 Å². The van der Waals surface area contributed by atoms with Crippen molar-refractivity contribution in [2.45, 2.75) is 24.0 Å². The molecule has 7 nitrogen and oxygen atoms in total. The molecular formula is C17H16N4O3S2. The number of carbonyl (C=O) groups is 1. The van der Waals surface area contributed by atoms with Gasteiger partial charge in [-0.15, -0.1) is 23.1 Å². The van der Waals surface area contributed by atoms with Crippen LogP contribution in [0.3, 0.4) is 0 Å². The summed E-state index contributed by atoms with van der Waals surface area (Å²) in [6, 6.07) is 12.0. The normalized spacial score (nSPS) is 11.9. The Balaban J connectivity index is 1.60. The van der Waals surface area contributed by atoms with Gasteiger partial charge in [0.25, 0.3) is 5.69 Å². The highest BCUT2D eigenvalue weighted by Crippen LogP contribution is 2.28. The van der Waals surface area contributed by atoms with Gasteiger partial charge in [0.2, 0.25) is 5.91 Å². The van der Waals surface area contributed by atoms with Crippen LogP contribution in [0.1, 0.15) is 11.8 Å². The Morgan fingerprint density at radius 3 is 2.65 bits per heavy atom. The highest BCUT2D eigenvalue weighted by atomic mass is 32.2. The Morgan fingerprint density at radius 1 is 1.31 bits per heavy atom. The maximum Gasteiger partial charge on any atom is 0.269 e. The topological polar surface area (TPSA) is 101 Å². The third-order valence-electron chi connectivity index (χ3n) is 3.56. The van der Waals surface area contributed by atoms with Crippen molar-refractivity contribution in [2.75, 3.05) is 5.32 Å². The number of amides is 1. The van der Waals surface area contributed by atoms with Crippen molar-refractivity contribution < 1.29 is 9.72 Å². The number of anilines is 1. The quantitative estimate of drug-likeness (QED) is 0.368. The number of hydrogen-bond acceptors (Lipinski definition) is 6. The first-order valence-electron chi connectivity index (χ1n) is 7.76. The first kappa shape index (κ1) is 18.2. The molecule has 1 aromatic carbocycles. The number of carbonyl (C=O) groups excluding carboxylic acids is 1. The average molecular weight is 388 g/mol. The van der Waals surface area contributed by atoms with E-state index in [9.17, 15) is 14.9 Å². The summed E-state index contributed by atoms with van der Waals surface area (Å²) in [6.45, 7) is 3.81. The molecule has 1 atom stereocenters. The first-order valence-corrected chi connectivity index (χ1v) is 9.46.